The van der Waals surface area contributed by atoms with Crippen molar-refractivity contribution in [1.82, 2.24) is 5.32 Å². The standard InChI is InChI=1S/C15H21ClN2O3/c1-6-15(3,4)18-14(20)10-7-11(16)12(17-9(2)19)8-13(10)21-5/h7-8H,6H2,1-5H3,(H,17,19)(H,18,20). The van der Waals surface area contributed by atoms with Crippen LogP contribution in [0.3, 0.4) is 0 Å². The minimum Gasteiger partial charge on any atom is -0.496 e. The molecule has 0 atom stereocenters. The lowest BCUT2D eigenvalue weighted by atomic mass is 10.0. The highest BCUT2D eigenvalue weighted by molar-refractivity contribution is 6.34. The van der Waals surface area contributed by atoms with Gasteiger partial charge in [-0.05, 0) is 26.3 Å². The van der Waals surface area contributed by atoms with Crippen LogP contribution < -0.4 is 15.4 Å². The number of halogens is 1. The molecule has 0 aromatic heterocycles. The van der Waals surface area contributed by atoms with Crippen LogP contribution in [0.4, 0.5) is 5.69 Å². The molecular weight excluding hydrogens is 292 g/mol. The van der Waals surface area contributed by atoms with Crippen LogP contribution in [0.15, 0.2) is 12.1 Å². The number of rotatable bonds is 5. The van der Waals surface area contributed by atoms with Crippen LogP contribution in [0.25, 0.3) is 0 Å². The van der Waals surface area contributed by atoms with Crippen LogP contribution in [0, 0.1) is 0 Å². The number of hydrogen-bond acceptors (Lipinski definition) is 3. The number of nitrogens with one attached hydrogen (secondary N) is 2. The van der Waals surface area contributed by atoms with Gasteiger partial charge in [-0.15, -0.1) is 0 Å². The van der Waals surface area contributed by atoms with E-state index in [-0.39, 0.29) is 22.4 Å². The average molecular weight is 313 g/mol. The van der Waals surface area contributed by atoms with Crippen molar-refractivity contribution in [3.63, 3.8) is 0 Å². The van der Waals surface area contributed by atoms with Gasteiger partial charge in [0.2, 0.25) is 5.91 Å². The van der Waals surface area contributed by atoms with E-state index in [0.29, 0.717) is 17.0 Å². The lowest BCUT2D eigenvalue weighted by molar-refractivity contribution is -0.114. The molecule has 116 valence electrons. The van der Waals surface area contributed by atoms with Crippen LogP contribution in [0.5, 0.6) is 5.75 Å². The Morgan fingerprint density at radius 2 is 1.95 bits per heavy atom. The van der Waals surface area contributed by atoms with Crippen LogP contribution >= 0.6 is 11.6 Å². The van der Waals surface area contributed by atoms with Crippen LogP contribution in [-0.4, -0.2) is 24.5 Å². The SMILES string of the molecule is CCC(C)(C)NC(=O)c1cc(Cl)c(NC(C)=O)cc1OC. The van der Waals surface area contributed by atoms with E-state index in [1.54, 1.807) is 0 Å². The summed E-state index contributed by atoms with van der Waals surface area (Å²) in [6.45, 7) is 7.24. The van der Waals surface area contributed by atoms with Crippen LogP contribution in [0.1, 0.15) is 44.5 Å². The third-order valence-corrected chi connectivity index (χ3v) is 3.49. The van der Waals surface area contributed by atoms with E-state index in [1.807, 2.05) is 20.8 Å². The van der Waals surface area contributed by atoms with Crippen molar-refractivity contribution >= 4 is 29.1 Å². The summed E-state index contributed by atoms with van der Waals surface area (Å²) < 4.78 is 5.22. The molecule has 1 rings (SSSR count). The Kier molecular flexibility index (Phi) is 5.61. The van der Waals surface area contributed by atoms with E-state index in [2.05, 4.69) is 10.6 Å². The summed E-state index contributed by atoms with van der Waals surface area (Å²) in [4.78, 5) is 23.5. The first kappa shape index (κ1) is 17.3. The third kappa shape index (κ3) is 4.63. The largest absolute Gasteiger partial charge is 0.496 e. The molecular formula is C15H21ClN2O3. The van der Waals surface area contributed by atoms with E-state index in [1.165, 1.54) is 26.2 Å². The normalized spacial score (nSPS) is 11.0. The Morgan fingerprint density at radius 3 is 2.43 bits per heavy atom. The molecule has 6 heteroatoms. The molecule has 0 bridgehead atoms. The monoisotopic (exact) mass is 312 g/mol. The zero-order valence-corrected chi connectivity index (χ0v) is 13.7. The molecule has 0 heterocycles. The smallest absolute Gasteiger partial charge is 0.255 e. The lowest BCUT2D eigenvalue weighted by Crippen LogP contribution is -2.42. The number of hydrogen-bond donors (Lipinski definition) is 2. The molecule has 2 amide bonds. The molecule has 0 aliphatic carbocycles. The van der Waals surface area contributed by atoms with Crippen molar-refractivity contribution < 1.29 is 14.3 Å². The van der Waals surface area contributed by atoms with Crippen molar-refractivity contribution in [1.29, 1.82) is 0 Å². The van der Waals surface area contributed by atoms with E-state index >= 15 is 0 Å². The fourth-order valence-corrected chi connectivity index (χ4v) is 1.86. The molecule has 0 unspecified atom stereocenters. The second-order valence-electron chi connectivity index (χ2n) is 5.41. The summed E-state index contributed by atoms with van der Waals surface area (Å²) in [7, 11) is 1.46. The molecule has 0 saturated heterocycles. The van der Waals surface area contributed by atoms with E-state index in [4.69, 9.17) is 16.3 Å². The van der Waals surface area contributed by atoms with Gasteiger partial charge in [-0.3, -0.25) is 9.59 Å². The Hall–Kier alpha value is -1.75. The van der Waals surface area contributed by atoms with E-state index in [9.17, 15) is 9.59 Å². The van der Waals surface area contributed by atoms with Gasteiger partial charge in [0.1, 0.15) is 5.75 Å². The highest BCUT2D eigenvalue weighted by atomic mass is 35.5. The number of benzene rings is 1. The summed E-state index contributed by atoms with van der Waals surface area (Å²) in [5.74, 6) is -0.161. The molecule has 0 saturated carbocycles. The Labute approximate surface area is 130 Å². The summed E-state index contributed by atoms with van der Waals surface area (Å²) in [5.41, 5.74) is 0.413. The molecule has 0 fully saturated rings. The fourth-order valence-electron chi connectivity index (χ4n) is 1.65. The maximum absolute atomic E-state index is 12.3. The minimum atomic E-state index is -0.328. The van der Waals surface area contributed by atoms with Gasteiger partial charge in [0.15, 0.2) is 0 Å². The first-order chi connectivity index (χ1) is 9.70. The third-order valence-electron chi connectivity index (χ3n) is 3.18. The van der Waals surface area contributed by atoms with Crippen LogP contribution in [0.2, 0.25) is 5.02 Å². The number of carbonyl (C=O) groups excluding carboxylic acids is 2. The van der Waals surface area contributed by atoms with Gasteiger partial charge < -0.3 is 15.4 Å². The second-order valence-corrected chi connectivity index (χ2v) is 5.81. The van der Waals surface area contributed by atoms with Gasteiger partial charge in [-0.25, -0.2) is 0 Å². The van der Waals surface area contributed by atoms with Crippen molar-refractivity contribution in [2.45, 2.75) is 39.7 Å². The number of methoxy groups -OCH3 is 1. The zero-order valence-electron chi connectivity index (χ0n) is 13.0. The van der Waals surface area contributed by atoms with E-state index in [0.717, 1.165) is 6.42 Å². The maximum atomic E-state index is 12.3. The van der Waals surface area contributed by atoms with Gasteiger partial charge in [0.05, 0.1) is 23.4 Å². The highest BCUT2D eigenvalue weighted by Crippen LogP contribution is 2.31. The zero-order chi connectivity index (χ0) is 16.2. The molecule has 2 N–H and O–H groups in total. The molecule has 0 aliphatic rings. The first-order valence-electron chi connectivity index (χ1n) is 6.67. The Bertz CT molecular complexity index is 556. The van der Waals surface area contributed by atoms with Crippen molar-refractivity contribution in [2.75, 3.05) is 12.4 Å². The summed E-state index contributed by atoms with van der Waals surface area (Å²) in [5, 5.41) is 5.79. The van der Waals surface area contributed by atoms with Gasteiger partial charge in [-0.2, -0.15) is 0 Å². The van der Waals surface area contributed by atoms with E-state index < -0.39 is 0 Å². The van der Waals surface area contributed by atoms with Gasteiger partial charge in [0, 0.05) is 18.5 Å². The lowest BCUT2D eigenvalue weighted by Gasteiger charge is -2.25. The molecule has 5 nitrogen and oxygen atoms in total. The average Bonchev–Trinajstić information content (AvgIpc) is 2.39. The second kappa shape index (κ2) is 6.80. The number of ether oxygens (including phenoxy) is 1. The summed E-state index contributed by atoms with van der Waals surface area (Å²) >= 11 is 6.10. The summed E-state index contributed by atoms with van der Waals surface area (Å²) in [6.07, 6.45) is 0.790. The highest BCUT2D eigenvalue weighted by Gasteiger charge is 2.22. The van der Waals surface area contributed by atoms with Crippen molar-refractivity contribution in [3.8, 4) is 5.75 Å². The maximum Gasteiger partial charge on any atom is 0.255 e. The molecule has 0 spiro atoms. The van der Waals surface area contributed by atoms with Crippen LogP contribution in [-0.2, 0) is 4.79 Å². The number of amides is 2. The predicted octanol–water partition coefficient (Wildman–Crippen LogP) is 3.23. The van der Waals surface area contributed by atoms with Gasteiger partial charge >= 0.3 is 0 Å². The summed E-state index contributed by atoms with van der Waals surface area (Å²) in [6, 6.07) is 3.03. The quantitative estimate of drug-likeness (QED) is 0.877. The van der Waals surface area contributed by atoms with Crippen molar-refractivity contribution in [3.05, 3.63) is 22.7 Å². The molecule has 0 aliphatic heterocycles. The first-order valence-corrected chi connectivity index (χ1v) is 7.05. The number of carbonyl (C=O) groups is 2. The predicted molar refractivity (Wildman–Crippen MR) is 84.1 cm³/mol. The minimum absolute atomic E-state index is 0.247. The van der Waals surface area contributed by atoms with Gasteiger partial charge in [-0.1, -0.05) is 18.5 Å². The Balaban J connectivity index is 3.16. The van der Waals surface area contributed by atoms with Gasteiger partial charge in [0.25, 0.3) is 5.91 Å². The topological polar surface area (TPSA) is 67.4 Å². The fraction of sp³-hybridized carbons (Fsp3) is 0.467. The number of anilines is 1. The molecule has 1 aromatic rings. The Morgan fingerprint density at radius 1 is 1.33 bits per heavy atom. The molecule has 0 radical (unpaired) electrons. The molecule has 1 aromatic carbocycles. The molecule has 21 heavy (non-hydrogen) atoms. The van der Waals surface area contributed by atoms with Crippen molar-refractivity contribution in [2.24, 2.45) is 0 Å².